The Hall–Kier alpha value is -2.97. The van der Waals surface area contributed by atoms with E-state index in [1.165, 1.54) is 0 Å². The fourth-order valence-electron chi connectivity index (χ4n) is 4.37. The average molecular weight is 442 g/mol. The molecule has 2 aromatic rings. The Morgan fingerprint density at radius 2 is 1.88 bits per heavy atom. The summed E-state index contributed by atoms with van der Waals surface area (Å²) in [5.41, 5.74) is 0. The van der Waals surface area contributed by atoms with Crippen LogP contribution in [0.15, 0.2) is 28.8 Å². The monoisotopic (exact) mass is 441 g/mol. The van der Waals surface area contributed by atoms with Crippen LogP contribution >= 0.6 is 0 Å². The van der Waals surface area contributed by atoms with Crippen LogP contribution in [0.25, 0.3) is 0 Å². The van der Waals surface area contributed by atoms with E-state index in [4.69, 9.17) is 9.15 Å². The lowest BCUT2D eigenvalue weighted by Gasteiger charge is -2.34. The van der Waals surface area contributed by atoms with Crippen LogP contribution in [0.4, 0.5) is 0 Å². The number of amides is 2. The van der Waals surface area contributed by atoms with Gasteiger partial charge in [0.1, 0.15) is 6.04 Å². The number of piperidine rings is 2. The van der Waals surface area contributed by atoms with Crippen LogP contribution in [0.5, 0.6) is 5.88 Å². The summed E-state index contributed by atoms with van der Waals surface area (Å²) in [5, 5.41) is 8.61. The maximum atomic E-state index is 12.6. The highest BCUT2D eigenvalue weighted by Crippen LogP contribution is 2.34. The number of hydrogen-bond donors (Lipinski definition) is 0. The van der Waals surface area contributed by atoms with Crippen molar-refractivity contribution in [3.8, 4) is 5.88 Å². The Morgan fingerprint density at radius 3 is 2.59 bits per heavy atom. The van der Waals surface area contributed by atoms with Crippen molar-refractivity contribution in [2.45, 2.75) is 57.9 Å². The van der Waals surface area contributed by atoms with Crippen LogP contribution in [0.1, 0.15) is 69.7 Å². The fraction of sp³-hybridized carbons (Fsp3) is 0.609. The van der Waals surface area contributed by atoms with Gasteiger partial charge in [-0.25, -0.2) is 4.98 Å². The van der Waals surface area contributed by atoms with E-state index < -0.39 is 0 Å². The molecule has 2 aliphatic heterocycles. The standard InChI is InChI=1S/C23H31N5O4/c1-16(2)23(30)28-12-6-4-7-18(28)22-26-25-21(32-22)17-9-13-27(14-10-17)20(29)15-31-19-8-3-5-11-24-19/h3,5,8,11,16-18H,4,6-7,9-10,12-15H2,1-2H3. The summed E-state index contributed by atoms with van der Waals surface area (Å²) in [4.78, 5) is 32.9. The average Bonchev–Trinajstić information content (AvgIpc) is 3.33. The van der Waals surface area contributed by atoms with Gasteiger partial charge in [0.15, 0.2) is 6.61 Å². The van der Waals surface area contributed by atoms with E-state index >= 15 is 0 Å². The summed E-state index contributed by atoms with van der Waals surface area (Å²) in [6.07, 6.45) is 6.06. The van der Waals surface area contributed by atoms with Crippen LogP contribution in [-0.4, -0.2) is 63.0 Å². The van der Waals surface area contributed by atoms with Gasteiger partial charge in [-0.3, -0.25) is 9.59 Å². The quantitative estimate of drug-likeness (QED) is 0.679. The van der Waals surface area contributed by atoms with Gasteiger partial charge in [0, 0.05) is 43.7 Å². The first-order chi connectivity index (χ1) is 15.5. The third-order valence-electron chi connectivity index (χ3n) is 6.20. The first kappa shape index (κ1) is 22.2. The minimum absolute atomic E-state index is 0.0201. The van der Waals surface area contributed by atoms with Crippen molar-refractivity contribution in [3.63, 3.8) is 0 Å². The second kappa shape index (κ2) is 10.1. The number of rotatable bonds is 6. The fourth-order valence-corrected chi connectivity index (χ4v) is 4.37. The Labute approximate surface area is 188 Å². The summed E-state index contributed by atoms with van der Waals surface area (Å²) in [7, 11) is 0. The van der Waals surface area contributed by atoms with Crippen LogP contribution in [0, 0.1) is 5.92 Å². The third-order valence-corrected chi connectivity index (χ3v) is 6.20. The SMILES string of the molecule is CC(C)C(=O)N1CCCCC1c1nnc(C2CCN(C(=O)COc3ccccn3)CC2)o1. The summed E-state index contributed by atoms with van der Waals surface area (Å²) in [6, 6.07) is 5.22. The van der Waals surface area contributed by atoms with Crippen molar-refractivity contribution in [2.24, 2.45) is 5.92 Å². The zero-order valence-corrected chi connectivity index (χ0v) is 18.8. The summed E-state index contributed by atoms with van der Waals surface area (Å²) >= 11 is 0. The first-order valence-corrected chi connectivity index (χ1v) is 11.5. The van der Waals surface area contributed by atoms with Crippen LogP contribution in [0.3, 0.4) is 0 Å². The van der Waals surface area contributed by atoms with Gasteiger partial charge in [-0.2, -0.15) is 0 Å². The van der Waals surface area contributed by atoms with Crippen molar-refractivity contribution < 1.29 is 18.7 Å². The first-order valence-electron chi connectivity index (χ1n) is 11.5. The predicted octanol–water partition coefficient (Wildman–Crippen LogP) is 2.96. The van der Waals surface area contributed by atoms with Gasteiger partial charge in [0.05, 0.1) is 0 Å². The molecule has 32 heavy (non-hydrogen) atoms. The normalized spacial score (nSPS) is 19.9. The summed E-state index contributed by atoms with van der Waals surface area (Å²) in [6.45, 7) is 5.80. The molecule has 0 aromatic carbocycles. The molecule has 2 fully saturated rings. The minimum Gasteiger partial charge on any atom is -0.468 e. The van der Waals surface area contributed by atoms with E-state index in [1.54, 1.807) is 23.2 Å². The molecule has 0 bridgehead atoms. The van der Waals surface area contributed by atoms with Crippen molar-refractivity contribution in [1.82, 2.24) is 25.0 Å². The van der Waals surface area contributed by atoms with Crippen molar-refractivity contribution in [3.05, 3.63) is 36.2 Å². The highest BCUT2D eigenvalue weighted by Gasteiger charge is 2.34. The molecule has 1 unspecified atom stereocenters. The van der Waals surface area contributed by atoms with Gasteiger partial charge in [0.25, 0.3) is 5.91 Å². The number of hydrogen-bond acceptors (Lipinski definition) is 7. The van der Waals surface area contributed by atoms with Gasteiger partial charge in [-0.1, -0.05) is 19.9 Å². The highest BCUT2D eigenvalue weighted by molar-refractivity contribution is 5.78. The van der Waals surface area contributed by atoms with Crippen LogP contribution in [0.2, 0.25) is 0 Å². The molecule has 0 N–H and O–H groups in total. The van der Waals surface area contributed by atoms with Gasteiger partial charge < -0.3 is 19.0 Å². The second-order valence-electron chi connectivity index (χ2n) is 8.79. The predicted molar refractivity (Wildman–Crippen MR) is 116 cm³/mol. The van der Waals surface area contributed by atoms with Gasteiger partial charge >= 0.3 is 0 Å². The van der Waals surface area contributed by atoms with Crippen LogP contribution < -0.4 is 4.74 Å². The Bertz CT molecular complexity index is 908. The van der Waals surface area contributed by atoms with E-state index in [0.29, 0.717) is 30.8 Å². The molecule has 0 saturated carbocycles. The van der Waals surface area contributed by atoms with E-state index in [-0.39, 0.29) is 36.3 Å². The van der Waals surface area contributed by atoms with Crippen molar-refractivity contribution >= 4 is 11.8 Å². The highest BCUT2D eigenvalue weighted by atomic mass is 16.5. The molecule has 172 valence electrons. The minimum atomic E-state index is -0.134. The molecule has 2 amide bonds. The number of likely N-dealkylation sites (tertiary alicyclic amines) is 2. The lowest BCUT2D eigenvalue weighted by Crippen LogP contribution is -2.41. The van der Waals surface area contributed by atoms with E-state index in [0.717, 1.165) is 38.6 Å². The summed E-state index contributed by atoms with van der Waals surface area (Å²) < 4.78 is 11.5. The van der Waals surface area contributed by atoms with Crippen molar-refractivity contribution in [2.75, 3.05) is 26.2 Å². The molecule has 0 radical (unpaired) electrons. The summed E-state index contributed by atoms with van der Waals surface area (Å²) in [5.74, 6) is 1.74. The third kappa shape index (κ3) is 5.08. The molecular formula is C23H31N5O4. The maximum Gasteiger partial charge on any atom is 0.260 e. The zero-order valence-electron chi connectivity index (χ0n) is 18.8. The molecule has 0 spiro atoms. The number of carbonyl (C=O) groups excluding carboxylic acids is 2. The number of aromatic nitrogens is 3. The van der Waals surface area contributed by atoms with Gasteiger partial charge in [0.2, 0.25) is 23.6 Å². The molecule has 1 atom stereocenters. The molecule has 2 saturated heterocycles. The van der Waals surface area contributed by atoms with Gasteiger partial charge in [-0.05, 0) is 38.2 Å². The molecule has 4 heterocycles. The molecule has 9 heteroatoms. The molecule has 2 aromatic heterocycles. The lowest BCUT2D eigenvalue weighted by atomic mass is 9.97. The molecular weight excluding hydrogens is 410 g/mol. The Kier molecular flexibility index (Phi) is 7.02. The largest absolute Gasteiger partial charge is 0.468 e. The number of ether oxygens (including phenoxy) is 1. The lowest BCUT2D eigenvalue weighted by molar-refractivity contribution is -0.139. The number of nitrogens with zero attached hydrogens (tertiary/aromatic N) is 5. The number of carbonyl (C=O) groups is 2. The molecule has 0 aliphatic carbocycles. The molecule has 4 rings (SSSR count). The smallest absolute Gasteiger partial charge is 0.260 e. The van der Waals surface area contributed by atoms with Crippen molar-refractivity contribution in [1.29, 1.82) is 0 Å². The Morgan fingerprint density at radius 1 is 1.09 bits per heavy atom. The number of pyridine rings is 1. The van der Waals surface area contributed by atoms with E-state index in [1.807, 2.05) is 24.8 Å². The second-order valence-corrected chi connectivity index (χ2v) is 8.79. The molecule has 9 nitrogen and oxygen atoms in total. The van der Waals surface area contributed by atoms with E-state index in [2.05, 4.69) is 15.2 Å². The zero-order chi connectivity index (χ0) is 22.5. The maximum absolute atomic E-state index is 12.6. The Balaban J connectivity index is 1.31. The van der Waals surface area contributed by atoms with E-state index in [9.17, 15) is 9.59 Å². The molecule has 2 aliphatic rings. The topological polar surface area (TPSA) is 102 Å². The van der Waals surface area contributed by atoms with Gasteiger partial charge in [-0.15, -0.1) is 10.2 Å². The van der Waals surface area contributed by atoms with Crippen LogP contribution in [-0.2, 0) is 9.59 Å².